The number of benzene rings is 2. The minimum atomic E-state index is -3.57. The maximum atomic E-state index is 13.0. The third-order valence-corrected chi connectivity index (χ3v) is 9.02. The average molecular weight is 495 g/mol. The molecule has 2 aromatic carbocycles. The number of hydrogen-bond acceptors (Lipinski definition) is 3. The SMILES string of the molecule is C[C@@H](NC(=O)[C@H]1CCCN(S(=O)(=O)Cc2ccc(Cl)c(Cl)c2)C1)c1ccc2c(c1)CCC2. The highest BCUT2D eigenvalue weighted by Crippen LogP contribution is 2.28. The summed E-state index contributed by atoms with van der Waals surface area (Å²) in [5.74, 6) is -0.610. The van der Waals surface area contributed by atoms with Crippen LogP contribution in [-0.4, -0.2) is 31.7 Å². The normalized spacial score (nSPS) is 20.0. The van der Waals surface area contributed by atoms with Gasteiger partial charge in [0.25, 0.3) is 0 Å². The van der Waals surface area contributed by atoms with Crippen molar-refractivity contribution in [3.05, 3.63) is 68.7 Å². The van der Waals surface area contributed by atoms with Crippen molar-refractivity contribution in [3.8, 4) is 0 Å². The van der Waals surface area contributed by atoms with Gasteiger partial charge in [0.15, 0.2) is 0 Å². The van der Waals surface area contributed by atoms with Gasteiger partial charge in [-0.05, 0) is 73.4 Å². The van der Waals surface area contributed by atoms with Gasteiger partial charge < -0.3 is 5.32 Å². The highest BCUT2D eigenvalue weighted by atomic mass is 35.5. The highest BCUT2D eigenvalue weighted by Gasteiger charge is 2.33. The fourth-order valence-electron chi connectivity index (χ4n) is 4.62. The number of halogens is 2. The van der Waals surface area contributed by atoms with Gasteiger partial charge in [-0.1, -0.05) is 47.5 Å². The summed E-state index contributed by atoms with van der Waals surface area (Å²) in [6, 6.07) is 11.2. The summed E-state index contributed by atoms with van der Waals surface area (Å²) in [5, 5.41) is 3.82. The van der Waals surface area contributed by atoms with Crippen LogP contribution in [-0.2, 0) is 33.4 Å². The van der Waals surface area contributed by atoms with E-state index in [1.165, 1.54) is 21.9 Å². The van der Waals surface area contributed by atoms with Crippen LogP contribution in [0.3, 0.4) is 0 Å². The largest absolute Gasteiger partial charge is 0.349 e. The van der Waals surface area contributed by atoms with Crippen molar-refractivity contribution < 1.29 is 13.2 Å². The Kier molecular flexibility index (Phi) is 7.15. The molecule has 0 bridgehead atoms. The summed E-state index contributed by atoms with van der Waals surface area (Å²) in [7, 11) is -3.57. The summed E-state index contributed by atoms with van der Waals surface area (Å²) in [6.45, 7) is 2.61. The molecule has 2 aromatic rings. The maximum Gasteiger partial charge on any atom is 0.224 e. The van der Waals surface area contributed by atoms with Crippen LogP contribution in [0.15, 0.2) is 36.4 Å². The van der Waals surface area contributed by atoms with Crippen LogP contribution in [0.25, 0.3) is 0 Å². The number of amides is 1. The number of nitrogens with zero attached hydrogens (tertiary/aromatic N) is 1. The molecule has 2 aliphatic rings. The lowest BCUT2D eigenvalue weighted by molar-refractivity contribution is -0.126. The molecule has 4 rings (SSSR count). The molecule has 32 heavy (non-hydrogen) atoms. The molecule has 0 unspecified atom stereocenters. The van der Waals surface area contributed by atoms with Crippen LogP contribution in [0.2, 0.25) is 10.0 Å². The van der Waals surface area contributed by atoms with Crippen molar-refractivity contribution in [2.24, 2.45) is 5.92 Å². The first-order chi connectivity index (χ1) is 15.2. The molecular formula is C24H28Cl2N2O3S. The van der Waals surface area contributed by atoms with Crippen molar-refractivity contribution in [3.63, 3.8) is 0 Å². The lowest BCUT2D eigenvalue weighted by Crippen LogP contribution is -2.46. The molecule has 1 aliphatic heterocycles. The molecule has 1 N–H and O–H groups in total. The molecule has 1 saturated heterocycles. The van der Waals surface area contributed by atoms with Crippen LogP contribution in [0.5, 0.6) is 0 Å². The standard InChI is InChI=1S/C24H28Cl2N2O3S/c1-16(19-9-8-18-4-2-5-20(18)13-19)27-24(29)21-6-3-11-28(14-21)32(30,31)15-17-7-10-22(25)23(26)12-17/h7-10,12-13,16,21H,2-6,11,14-15H2,1H3,(H,27,29)/t16-,21+/m1/s1. The first kappa shape index (κ1) is 23.6. The second-order valence-electron chi connectivity index (χ2n) is 8.81. The minimum Gasteiger partial charge on any atom is -0.349 e. The molecule has 1 amide bonds. The number of sulfonamides is 1. The Bertz CT molecular complexity index is 1120. The number of aryl methyl sites for hydroxylation is 2. The second kappa shape index (κ2) is 9.72. The van der Waals surface area contributed by atoms with E-state index in [1.807, 2.05) is 6.92 Å². The number of piperidine rings is 1. The molecule has 5 nitrogen and oxygen atoms in total. The fraction of sp³-hybridized carbons (Fsp3) is 0.458. The number of nitrogens with one attached hydrogen (secondary N) is 1. The van der Waals surface area contributed by atoms with E-state index in [9.17, 15) is 13.2 Å². The lowest BCUT2D eigenvalue weighted by atomic mass is 9.97. The van der Waals surface area contributed by atoms with Gasteiger partial charge in [0.05, 0.1) is 27.8 Å². The van der Waals surface area contributed by atoms with Gasteiger partial charge in [-0.2, -0.15) is 0 Å². The van der Waals surface area contributed by atoms with Gasteiger partial charge in [-0.15, -0.1) is 0 Å². The predicted molar refractivity (Wildman–Crippen MR) is 128 cm³/mol. The van der Waals surface area contributed by atoms with Crippen molar-refractivity contribution in [2.45, 2.75) is 50.8 Å². The number of hydrogen-bond donors (Lipinski definition) is 1. The van der Waals surface area contributed by atoms with Crippen LogP contribution >= 0.6 is 23.2 Å². The molecule has 2 atom stereocenters. The second-order valence-corrected chi connectivity index (χ2v) is 11.6. The van der Waals surface area contributed by atoms with Crippen molar-refractivity contribution in [2.75, 3.05) is 13.1 Å². The van der Waals surface area contributed by atoms with E-state index in [2.05, 4.69) is 23.5 Å². The van der Waals surface area contributed by atoms with E-state index in [-0.39, 0.29) is 30.2 Å². The van der Waals surface area contributed by atoms with Gasteiger partial charge in [0.1, 0.15) is 0 Å². The topological polar surface area (TPSA) is 66.5 Å². The van der Waals surface area contributed by atoms with Gasteiger partial charge in [-0.25, -0.2) is 12.7 Å². The summed E-state index contributed by atoms with van der Waals surface area (Å²) in [5.41, 5.74) is 4.46. The maximum absolute atomic E-state index is 13.0. The molecule has 0 saturated carbocycles. The average Bonchev–Trinajstić information content (AvgIpc) is 3.24. The third-order valence-electron chi connectivity index (χ3n) is 6.46. The molecule has 1 fully saturated rings. The van der Waals surface area contributed by atoms with Gasteiger partial charge in [0.2, 0.25) is 15.9 Å². The minimum absolute atomic E-state index is 0.0903. The van der Waals surface area contributed by atoms with E-state index < -0.39 is 10.0 Å². The Hall–Kier alpha value is -1.60. The number of fused-ring (bicyclic) bond motifs is 1. The Labute approximate surface area is 200 Å². The lowest BCUT2D eigenvalue weighted by Gasteiger charge is -2.32. The van der Waals surface area contributed by atoms with Crippen LogP contribution < -0.4 is 5.32 Å². The predicted octanol–water partition coefficient (Wildman–Crippen LogP) is 4.90. The summed E-state index contributed by atoms with van der Waals surface area (Å²) >= 11 is 12.0. The van der Waals surface area contributed by atoms with Gasteiger partial charge in [-0.3, -0.25) is 4.79 Å². The summed E-state index contributed by atoms with van der Waals surface area (Å²) in [4.78, 5) is 13.0. The molecule has 0 spiro atoms. The molecule has 1 aliphatic carbocycles. The van der Waals surface area contributed by atoms with Crippen molar-refractivity contribution in [1.82, 2.24) is 9.62 Å². The van der Waals surface area contributed by atoms with Gasteiger partial charge in [0, 0.05) is 13.1 Å². The summed E-state index contributed by atoms with van der Waals surface area (Å²) in [6.07, 6.45) is 4.75. The smallest absolute Gasteiger partial charge is 0.224 e. The molecule has 0 aromatic heterocycles. The number of carbonyl (C=O) groups excluding carboxylic acids is 1. The van der Waals surface area contributed by atoms with Crippen molar-refractivity contribution in [1.29, 1.82) is 0 Å². The zero-order chi connectivity index (χ0) is 22.9. The summed E-state index contributed by atoms with van der Waals surface area (Å²) < 4.78 is 27.4. The van der Waals surface area contributed by atoms with E-state index in [0.29, 0.717) is 35.0 Å². The van der Waals surface area contributed by atoms with Gasteiger partial charge >= 0.3 is 0 Å². The zero-order valence-corrected chi connectivity index (χ0v) is 20.4. The molecule has 1 heterocycles. The fourth-order valence-corrected chi connectivity index (χ4v) is 6.53. The van der Waals surface area contributed by atoms with Crippen LogP contribution in [0, 0.1) is 5.92 Å². The van der Waals surface area contributed by atoms with E-state index >= 15 is 0 Å². The quantitative estimate of drug-likeness (QED) is 0.620. The Balaban J connectivity index is 1.39. The van der Waals surface area contributed by atoms with Crippen LogP contribution in [0.1, 0.15) is 54.5 Å². The number of rotatable bonds is 6. The van der Waals surface area contributed by atoms with E-state index in [0.717, 1.165) is 18.4 Å². The molecular weight excluding hydrogens is 467 g/mol. The third kappa shape index (κ3) is 5.30. The Morgan fingerprint density at radius 2 is 1.88 bits per heavy atom. The molecule has 0 radical (unpaired) electrons. The molecule has 8 heteroatoms. The monoisotopic (exact) mass is 494 g/mol. The van der Waals surface area contributed by atoms with E-state index in [4.69, 9.17) is 23.2 Å². The number of carbonyl (C=O) groups is 1. The van der Waals surface area contributed by atoms with E-state index in [1.54, 1.807) is 18.2 Å². The first-order valence-electron chi connectivity index (χ1n) is 11.1. The molecule has 172 valence electrons. The highest BCUT2D eigenvalue weighted by molar-refractivity contribution is 7.88. The zero-order valence-electron chi connectivity index (χ0n) is 18.1. The van der Waals surface area contributed by atoms with Crippen LogP contribution in [0.4, 0.5) is 0 Å². The first-order valence-corrected chi connectivity index (χ1v) is 13.4. The Morgan fingerprint density at radius 1 is 1.09 bits per heavy atom. The van der Waals surface area contributed by atoms with Crippen molar-refractivity contribution >= 4 is 39.1 Å². The Morgan fingerprint density at radius 3 is 2.66 bits per heavy atom.